The molecule has 2 heterocycles. The average molecular weight is 300 g/mol. The minimum Gasteiger partial charge on any atom is -0.369 e. The van der Waals surface area contributed by atoms with Crippen LogP contribution in [0.2, 0.25) is 0 Å². The first kappa shape index (κ1) is 16.3. The maximum atomic E-state index is 12.4. The summed E-state index contributed by atoms with van der Waals surface area (Å²) in [7, 11) is 1.90. The topological polar surface area (TPSA) is 60.2 Å². The number of carbonyl (C=O) groups is 1. The van der Waals surface area contributed by atoms with Crippen LogP contribution in [0.1, 0.15) is 39.2 Å². The third-order valence-electron chi connectivity index (χ3n) is 4.24. The van der Waals surface area contributed by atoms with Gasteiger partial charge in [-0.15, -0.1) is 0 Å². The number of nitrogens with zero attached hydrogens (tertiary/aromatic N) is 4. The van der Waals surface area contributed by atoms with Gasteiger partial charge in [0, 0.05) is 37.8 Å². The van der Waals surface area contributed by atoms with Crippen molar-refractivity contribution in [3.63, 3.8) is 0 Å². The van der Waals surface area contributed by atoms with Crippen LogP contribution in [0, 0.1) is 16.7 Å². The molecule has 1 aliphatic heterocycles. The zero-order valence-electron chi connectivity index (χ0n) is 13.8. The highest BCUT2D eigenvalue weighted by Gasteiger charge is 2.31. The quantitative estimate of drug-likeness (QED) is 0.841. The molecule has 0 N–H and O–H groups in total. The van der Waals surface area contributed by atoms with Crippen molar-refractivity contribution in [2.75, 3.05) is 25.0 Å². The van der Waals surface area contributed by atoms with Crippen LogP contribution in [-0.2, 0) is 4.79 Å². The van der Waals surface area contributed by atoms with Crippen molar-refractivity contribution in [2.45, 2.75) is 39.7 Å². The van der Waals surface area contributed by atoms with E-state index >= 15 is 0 Å². The second kappa shape index (κ2) is 6.35. The van der Waals surface area contributed by atoms with Gasteiger partial charge in [-0.25, -0.2) is 0 Å². The van der Waals surface area contributed by atoms with Gasteiger partial charge in [0.15, 0.2) is 0 Å². The summed E-state index contributed by atoms with van der Waals surface area (Å²) in [6, 6.07) is 4.23. The van der Waals surface area contributed by atoms with Crippen LogP contribution in [0.3, 0.4) is 0 Å². The second-order valence-electron chi connectivity index (χ2n) is 6.89. The number of rotatable bonds is 2. The molecule has 0 aromatic carbocycles. The van der Waals surface area contributed by atoms with E-state index in [2.05, 4.69) is 16.0 Å². The average Bonchev–Trinajstić information content (AvgIpc) is 2.52. The Balaban J connectivity index is 2.02. The lowest BCUT2D eigenvalue weighted by atomic mass is 9.92. The minimum absolute atomic E-state index is 0.185. The maximum absolute atomic E-state index is 12.4. The fourth-order valence-electron chi connectivity index (χ4n) is 2.92. The highest BCUT2D eigenvalue weighted by atomic mass is 16.2. The van der Waals surface area contributed by atoms with Crippen LogP contribution < -0.4 is 4.90 Å². The van der Waals surface area contributed by atoms with E-state index in [0.717, 1.165) is 31.6 Å². The number of aromatic nitrogens is 1. The summed E-state index contributed by atoms with van der Waals surface area (Å²) in [6.07, 6.45) is 5.23. The van der Waals surface area contributed by atoms with Gasteiger partial charge in [0.05, 0.1) is 17.4 Å². The number of piperidine rings is 1. The molecular weight excluding hydrogens is 276 g/mol. The largest absolute Gasteiger partial charge is 0.369 e. The van der Waals surface area contributed by atoms with Crippen molar-refractivity contribution >= 4 is 11.6 Å². The second-order valence-corrected chi connectivity index (χ2v) is 6.89. The summed E-state index contributed by atoms with van der Waals surface area (Å²) in [6.45, 7) is 7.54. The van der Waals surface area contributed by atoms with Crippen molar-refractivity contribution in [1.29, 1.82) is 5.26 Å². The molecule has 118 valence electrons. The number of hydrogen-bond donors (Lipinski definition) is 0. The van der Waals surface area contributed by atoms with E-state index in [0.29, 0.717) is 5.56 Å². The van der Waals surface area contributed by atoms with Crippen LogP contribution in [0.15, 0.2) is 18.5 Å². The lowest BCUT2D eigenvalue weighted by Crippen LogP contribution is -2.48. The summed E-state index contributed by atoms with van der Waals surface area (Å²) in [5, 5.41) is 9.19. The predicted molar refractivity (Wildman–Crippen MR) is 86.4 cm³/mol. The number of anilines is 1. The third kappa shape index (κ3) is 3.38. The third-order valence-corrected chi connectivity index (χ3v) is 4.24. The molecule has 1 aromatic heterocycles. The summed E-state index contributed by atoms with van der Waals surface area (Å²) < 4.78 is 0. The minimum atomic E-state index is -0.344. The van der Waals surface area contributed by atoms with Crippen LogP contribution >= 0.6 is 0 Å². The smallest absolute Gasteiger partial charge is 0.227 e. The summed E-state index contributed by atoms with van der Waals surface area (Å²) >= 11 is 0. The molecule has 5 nitrogen and oxygen atoms in total. The van der Waals surface area contributed by atoms with E-state index in [1.807, 2.05) is 32.7 Å². The SMILES string of the molecule is CN(C(=O)C(C)(C)C)C1CCN(c2cnccc2C#N)CC1. The van der Waals surface area contributed by atoms with Gasteiger partial charge in [-0.05, 0) is 18.9 Å². The highest BCUT2D eigenvalue weighted by Crippen LogP contribution is 2.26. The number of hydrogen-bond acceptors (Lipinski definition) is 4. The summed E-state index contributed by atoms with van der Waals surface area (Å²) in [4.78, 5) is 20.6. The first-order valence-corrected chi connectivity index (χ1v) is 7.71. The molecule has 2 rings (SSSR count). The van der Waals surface area contributed by atoms with E-state index < -0.39 is 0 Å². The number of nitriles is 1. The van der Waals surface area contributed by atoms with Gasteiger partial charge >= 0.3 is 0 Å². The molecule has 5 heteroatoms. The Hall–Kier alpha value is -2.09. The molecule has 0 radical (unpaired) electrons. The first-order valence-electron chi connectivity index (χ1n) is 7.71. The maximum Gasteiger partial charge on any atom is 0.227 e. The lowest BCUT2D eigenvalue weighted by molar-refractivity contribution is -0.140. The Morgan fingerprint density at radius 3 is 2.59 bits per heavy atom. The summed E-state index contributed by atoms with van der Waals surface area (Å²) in [5.74, 6) is 0.185. The molecule has 1 saturated heterocycles. The Bertz CT molecular complexity index is 577. The van der Waals surface area contributed by atoms with Crippen molar-refractivity contribution in [2.24, 2.45) is 5.41 Å². The van der Waals surface area contributed by atoms with E-state index in [9.17, 15) is 10.1 Å². The molecule has 0 spiro atoms. The summed E-state index contributed by atoms with van der Waals surface area (Å²) in [5.41, 5.74) is 1.21. The van der Waals surface area contributed by atoms with E-state index in [4.69, 9.17) is 0 Å². The molecular formula is C17H24N4O. The number of pyridine rings is 1. The zero-order chi connectivity index (χ0) is 16.3. The normalized spacial score (nSPS) is 16.2. The Labute approximate surface area is 132 Å². The van der Waals surface area contributed by atoms with Crippen molar-refractivity contribution in [3.05, 3.63) is 24.0 Å². The highest BCUT2D eigenvalue weighted by molar-refractivity contribution is 5.81. The van der Waals surface area contributed by atoms with Crippen molar-refractivity contribution in [3.8, 4) is 6.07 Å². The van der Waals surface area contributed by atoms with Gasteiger partial charge in [0.2, 0.25) is 5.91 Å². The van der Waals surface area contributed by atoms with Crippen LogP contribution in [0.4, 0.5) is 5.69 Å². The molecule has 0 saturated carbocycles. The molecule has 1 aromatic rings. The molecule has 0 atom stereocenters. The van der Waals surface area contributed by atoms with Crippen LogP contribution in [0.25, 0.3) is 0 Å². The Morgan fingerprint density at radius 2 is 2.05 bits per heavy atom. The Kier molecular flexibility index (Phi) is 4.70. The predicted octanol–water partition coefficient (Wildman–Crippen LogP) is 2.43. The molecule has 0 bridgehead atoms. The van der Waals surface area contributed by atoms with Crippen LogP contribution in [0.5, 0.6) is 0 Å². The standard InChI is InChI=1S/C17H24N4O/c1-17(2,3)16(22)20(4)14-6-9-21(10-7-14)15-12-19-8-5-13(15)11-18/h5,8,12,14H,6-7,9-10H2,1-4H3. The van der Waals surface area contributed by atoms with Crippen molar-refractivity contribution < 1.29 is 4.79 Å². The van der Waals surface area contributed by atoms with E-state index in [1.54, 1.807) is 18.5 Å². The number of carbonyl (C=O) groups excluding carboxylic acids is 1. The van der Waals surface area contributed by atoms with Gasteiger partial charge in [0.1, 0.15) is 6.07 Å². The van der Waals surface area contributed by atoms with E-state index in [-0.39, 0.29) is 17.4 Å². The zero-order valence-corrected chi connectivity index (χ0v) is 13.8. The fourth-order valence-corrected chi connectivity index (χ4v) is 2.92. The fraction of sp³-hybridized carbons (Fsp3) is 0.588. The molecule has 22 heavy (non-hydrogen) atoms. The van der Waals surface area contributed by atoms with Gasteiger partial charge in [-0.2, -0.15) is 5.26 Å². The van der Waals surface area contributed by atoms with Gasteiger partial charge in [0.25, 0.3) is 0 Å². The Morgan fingerprint density at radius 1 is 1.41 bits per heavy atom. The number of amides is 1. The monoisotopic (exact) mass is 300 g/mol. The molecule has 0 unspecified atom stereocenters. The molecule has 1 aliphatic rings. The van der Waals surface area contributed by atoms with Gasteiger partial charge in [-0.3, -0.25) is 9.78 Å². The lowest BCUT2D eigenvalue weighted by Gasteiger charge is -2.39. The first-order chi connectivity index (χ1) is 10.3. The van der Waals surface area contributed by atoms with Crippen LogP contribution in [-0.4, -0.2) is 42.0 Å². The van der Waals surface area contributed by atoms with E-state index in [1.165, 1.54) is 0 Å². The van der Waals surface area contributed by atoms with Crippen molar-refractivity contribution in [1.82, 2.24) is 9.88 Å². The van der Waals surface area contributed by atoms with Gasteiger partial charge < -0.3 is 9.80 Å². The van der Waals surface area contributed by atoms with Gasteiger partial charge in [-0.1, -0.05) is 20.8 Å². The molecule has 1 fully saturated rings. The molecule has 0 aliphatic carbocycles. The molecule has 1 amide bonds.